The summed E-state index contributed by atoms with van der Waals surface area (Å²) in [6.07, 6.45) is 2.24. The number of benzene rings is 1. The van der Waals surface area contributed by atoms with Gasteiger partial charge in [-0.25, -0.2) is 0 Å². The molecule has 136 valence electrons. The third-order valence-electron chi connectivity index (χ3n) is 5.05. The van der Waals surface area contributed by atoms with Gasteiger partial charge in [0.2, 0.25) is 11.8 Å². The van der Waals surface area contributed by atoms with Gasteiger partial charge < -0.3 is 10.6 Å². The van der Waals surface area contributed by atoms with Gasteiger partial charge >= 0.3 is 0 Å². The van der Waals surface area contributed by atoms with Gasteiger partial charge in [-0.05, 0) is 38.3 Å². The summed E-state index contributed by atoms with van der Waals surface area (Å²) < 4.78 is 0. The second-order valence-corrected chi connectivity index (χ2v) is 7.13. The summed E-state index contributed by atoms with van der Waals surface area (Å²) in [6.45, 7) is 7.65. The van der Waals surface area contributed by atoms with E-state index in [2.05, 4.69) is 20.4 Å². The van der Waals surface area contributed by atoms with Crippen LogP contribution in [0.25, 0.3) is 0 Å². The van der Waals surface area contributed by atoms with E-state index in [1.54, 1.807) is 0 Å². The van der Waals surface area contributed by atoms with Gasteiger partial charge in [-0.1, -0.05) is 18.2 Å². The molecular formula is C19H28N4O2. The molecule has 1 aromatic carbocycles. The maximum Gasteiger partial charge on any atom is 0.241 e. The quantitative estimate of drug-likeness (QED) is 0.814. The number of anilines is 1. The van der Waals surface area contributed by atoms with Gasteiger partial charge in [-0.2, -0.15) is 0 Å². The molecule has 2 aliphatic rings. The number of hydrogen-bond donors (Lipinski definition) is 2. The van der Waals surface area contributed by atoms with Crippen LogP contribution in [0.2, 0.25) is 0 Å². The first-order valence-electron chi connectivity index (χ1n) is 9.15. The average molecular weight is 344 g/mol. The van der Waals surface area contributed by atoms with Gasteiger partial charge in [-0.3, -0.25) is 19.4 Å². The minimum absolute atomic E-state index is 0.0224. The Bertz CT molecular complexity index is 622. The fourth-order valence-corrected chi connectivity index (χ4v) is 3.13. The number of amides is 2. The van der Waals surface area contributed by atoms with Crippen LogP contribution in [0.5, 0.6) is 0 Å². The molecule has 1 aliphatic heterocycles. The van der Waals surface area contributed by atoms with E-state index in [1.165, 1.54) is 0 Å². The Morgan fingerprint density at radius 2 is 1.84 bits per heavy atom. The molecule has 2 fully saturated rings. The van der Waals surface area contributed by atoms with Gasteiger partial charge in [0.25, 0.3) is 0 Å². The molecule has 1 aliphatic carbocycles. The van der Waals surface area contributed by atoms with Gasteiger partial charge in [0.05, 0.1) is 12.6 Å². The lowest BCUT2D eigenvalue weighted by molar-refractivity contribution is -0.124. The number of para-hydroxylation sites is 1. The molecule has 6 nitrogen and oxygen atoms in total. The molecule has 6 heteroatoms. The zero-order chi connectivity index (χ0) is 17.8. The van der Waals surface area contributed by atoms with Crippen molar-refractivity contribution in [2.45, 2.75) is 38.8 Å². The van der Waals surface area contributed by atoms with E-state index in [0.717, 1.165) is 50.3 Å². The molecule has 2 N–H and O–H groups in total. The first kappa shape index (κ1) is 17.9. The van der Waals surface area contributed by atoms with Crippen LogP contribution in [0.3, 0.4) is 0 Å². The summed E-state index contributed by atoms with van der Waals surface area (Å²) in [6, 6.07) is 8.05. The Morgan fingerprint density at radius 1 is 1.16 bits per heavy atom. The highest BCUT2D eigenvalue weighted by molar-refractivity contribution is 5.95. The molecule has 25 heavy (non-hydrogen) atoms. The number of nitrogens with zero attached hydrogens (tertiary/aromatic N) is 2. The minimum Gasteiger partial charge on any atom is -0.352 e. The van der Waals surface area contributed by atoms with Crippen molar-refractivity contribution in [1.82, 2.24) is 15.1 Å². The van der Waals surface area contributed by atoms with Crippen LogP contribution >= 0.6 is 0 Å². The number of rotatable bonds is 6. The largest absolute Gasteiger partial charge is 0.352 e. The van der Waals surface area contributed by atoms with E-state index in [9.17, 15) is 9.59 Å². The lowest BCUT2D eigenvalue weighted by atomic mass is 10.1. The maximum absolute atomic E-state index is 12.5. The molecule has 1 saturated carbocycles. The standard InChI is InChI=1S/C19H28N4O2/c1-14-5-3-4-6-17(14)21-19(25)15(2)23-11-9-22(10-12-23)13-18(24)20-16-7-8-16/h3-6,15-16H,7-13H2,1-2H3,(H,20,24)(H,21,25). The van der Waals surface area contributed by atoms with Crippen LogP contribution in [0.15, 0.2) is 24.3 Å². The number of piperazine rings is 1. The SMILES string of the molecule is Cc1ccccc1NC(=O)C(C)N1CCN(CC(=O)NC2CC2)CC1. The number of carbonyl (C=O) groups is 2. The molecule has 0 radical (unpaired) electrons. The highest BCUT2D eigenvalue weighted by Gasteiger charge is 2.28. The summed E-state index contributed by atoms with van der Waals surface area (Å²) in [5.41, 5.74) is 1.93. The van der Waals surface area contributed by atoms with Crippen molar-refractivity contribution in [3.05, 3.63) is 29.8 Å². The van der Waals surface area contributed by atoms with Crippen LogP contribution < -0.4 is 10.6 Å². The Balaban J connectivity index is 1.44. The zero-order valence-corrected chi connectivity index (χ0v) is 15.1. The summed E-state index contributed by atoms with van der Waals surface area (Å²) >= 11 is 0. The maximum atomic E-state index is 12.5. The van der Waals surface area contributed by atoms with Crippen LogP contribution in [0, 0.1) is 6.92 Å². The molecule has 2 amide bonds. The van der Waals surface area contributed by atoms with Crippen LogP contribution in [-0.4, -0.2) is 66.4 Å². The van der Waals surface area contributed by atoms with Crippen molar-refractivity contribution in [1.29, 1.82) is 0 Å². The van der Waals surface area contributed by atoms with Gasteiger partial charge in [0, 0.05) is 37.9 Å². The zero-order valence-electron chi connectivity index (χ0n) is 15.1. The molecular weight excluding hydrogens is 316 g/mol. The van der Waals surface area contributed by atoms with E-state index in [0.29, 0.717) is 12.6 Å². The van der Waals surface area contributed by atoms with Crippen LogP contribution in [0.1, 0.15) is 25.3 Å². The van der Waals surface area contributed by atoms with Crippen molar-refractivity contribution in [2.75, 3.05) is 38.0 Å². The average Bonchev–Trinajstić information content (AvgIpc) is 3.40. The van der Waals surface area contributed by atoms with Gasteiger partial charge in [-0.15, -0.1) is 0 Å². The smallest absolute Gasteiger partial charge is 0.241 e. The normalized spacial score (nSPS) is 20.1. The molecule has 0 spiro atoms. The Kier molecular flexibility index (Phi) is 5.71. The highest BCUT2D eigenvalue weighted by atomic mass is 16.2. The second kappa shape index (κ2) is 7.97. The van der Waals surface area contributed by atoms with Crippen molar-refractivity contribution in [3.63, 3.8) is 0 Å². The molecule has 1 atom stereocenters. The Morgan fingerprint density at radius 3 is 2.48 bits per heavy atom. The van der Waals surface area contributed by atoms with Crippen molar-refractivity contribution < 1.29 is 9.59 Å². The van der Waals surface area contributed by atoms with Crippen molar-refractivity contribution >= 4 is 17.5 Å². The third-order valence-corrected chi connectivity index (χ3v) is 5.05. The first-order valence-corrected chi connectivity index (χ1v) is 9.15. The highest BCUT2D eigenvalue weighted by Crippen LogP contribution is 2.18. The van der Waals surface area contributed by atoms with E-state index in [-0.39, 0.29) is 17.9 Å². The van der Waals surface area contributed by atoms with Gasteiger partial charge in [0.15, 0.2) is 0 Å². The fourth-order valence-electron chi connectivity index (χ4n) is 3.13. The molecule has 0 bridgehead atoms. The Hall–Kier alpha value is -1.92. The number of aryl methyl sites for hydroxylation is 1. The number of carbonyl (C=O) groups excluding carboxylic acids is 2. The molecule has 3 rings (SSSR count). The van der Waals surface area contributed by atoms with Gasteiger partial charge in [0.1, 0.15) is 0 Å². The molecule has 1 unspecified atom stereocenters. The minimum atomic E-state index is -0.179. The monoisotopic (exact) mass is 344 g/mol. The summed E-state index contributed by atoms with van der Waals surface area (Å²) in [5, 5.41) is 6.05. The topological polar surface area (TPSA) is 64.7 Å². The molecule has 1 aromatic rings. The predicted octanol–water partition coefficient (Wildman–Crippen LogP) is 1.22. The first-order chi connectivity index (χ1) is 12.0. The molecule has 0 aromatic heterocycles. The van der Waals surface area contributed by atoms with Crippen molar-refractivity contribution in [3.8, 4) is 0 Å². The third kappa shape index (κ3) is 5.03. The second-order valence-electron chi connectivity index (χ2n) is 7.13. The van der Waals surface area contributed by atoms with E-state index in [1.807, 2.05) is 38.1 Å². The summed E-state index contributed by atoms with van der Waals surface area (Å²) in [5.74, 6) is 0.149. The number of hydrogen-bond acceptors (Lipinski definition) is 4. The summed E-state index contributed by atoms with van der Waals surface area (Å²) in [7, 11) is 0. The van der Waals surface area contributed by atoms with E-state index >= 15 is 0 Å². The number of nitrogens with one attached hydrogen (secondary N) is 2. The molecule has 1 heterocycles. The van der Waals surface area contributed by atoms with E-state index < -0.39 is 0 Å². The van der Waals surface area contributed by atoms with Crippen molar-refractivity contribution in [2.24, 2.45) is 0 Å². The predicted molar refractivity (Wildman–Crippen MR) is 98.4 cm³/mol. The Labute approximate surface area is 149 Å². The lowest BCUT2D eigenvalue weighted by Gasteiger charge is -2.37. The molecule has 1 saturated heterocycles. The van der Waals surface area contributed by atoms with Crippen LogP contribution in [0.4, 0.5) is 5.69 Å². The fraction of sp³-hybridized carbons (Fsp3) is 0.579. The lowest BCUT2D eigenvalue weighted by Crippen LogP contribution is -2.54. The van der Waals surface area contributed by atoms with E-state index in [4.69, 9.17) is 0 Å². The summed E-state index contributed by atoms with van der Waals surface area (Å²) in [4.78, 5) is 28.8. The van der Waals surface area contributed by atoms with Crippen LogP contribution in [-0.2, 0) is 9.59 Å².